The van der Waals surface area contributed by atoms with Gasteiger partial charge in [0.15, 0.2) is 0 Å². The van der Waals surface area contributed by atoms with Crippen molar-refractivity contribution in [1.29, 1.82) is 0 Å². The Kier molecular flexibility index (Phi) is 3.93. The molecule has 1 fully saturated rings. The Bertz CT molecular complexity index is 199. The second kappa shape index (κ2) is 4.78. The van der Waals surface area contributed by atoms with Crippen molar-refractivity contribution in [3.8, 4) is 0 Å². The van der Waals surface area contributed by atoms with Crippen LogP contribution in [0.2, 0.25) is 0 Å². The van der Waals surface area contributed by atoms with E-state index in [4.69, 9.17) is 5.73 Å². The van der Waals surface area contributed by atoms with Crippen LogP contribution >= 0.6 is 0 Å². The molecule has 0 heterocycles. The van der Waals surface area contributed by atoms with Crippen LogP contribution in [0, 0.1) is 11.3 Å². The standard InChI is InChI=1S/C11H22N2O/c1-9(7-12)6-10(14)13-8-11(2)4-3-5-11/h9H,3-8,12H2,1-2H3,(H,13,14). The Balaban J connectivity index is 2.14. The molecule has 0 aromatic carbocycles. The van der Waals surface area contributed by atoms with Gasteiger partial charge < -0.3 is 11.1 Å². The van der Waals surface area contributed by atoms with Crippen LogP contribution in [-0.2, 0) is 4.79 Å². The first-order valence-electron chi connectivity index (χ1n) is 5.52. The van der Waals surface area contributed by atoms with E-state index in [0.717, 1.165) is 6.54 Å². The van der Waals surface area contributed by atoms with Crippen LogP contribution in [0.3, 0.4) is 0 Å². The molecule has 0 aromatic heterocycles. The summed E-state index contributed by atoms with van der Waals surface area (Å²) in [7, 11) is 0. The van der Waals surface area contributed by atoms with Crippen molar-refractivity contribution >= 4 is 5.91 Å². The minimum Gasteiger partial charge on any atom is -0.356 e. The van der Waals surface area contributed by atoms with Gasteiger partial charge >= 0.3 is 0 Å². The quantitative estimate of drug-likeness (QED) is 0.699. The van der Waals surface area contributed by atoms with Crippen molar-refractivity contribution < 1.29 is 4.79 Å². The highest BCUT2D eigenvalue weighted by Gasteiger charge is 2.31. The van der Waals surface area contributed by atoms with Crippen molar-refractivity contribution in [2.75, 3.05) is 13.1 Å². The van der Waals surface area contributed by atoms with Gasteiger partial charge in [-0.3, -0.25) is 4.79 Å². The number of carbonyl (C=O) groups excluding carboxylic acids is 1. The molecule has 0 aliphatic heterocycles. The van der Waals surface area contributed by atoms with Crippen LogP contribution in [0.1, 0.15) is 39.5 Å². The normalized spacial score (nSPS) is 21.1. The van der Waals surface area contributed by atoms with Gasteiger partial charge in [0.2, 0.25) is 5.91 Å². The predicted molar refractivity (Wildman–Crippen MR) is 57.8 cm³/mol. The van der Waals surface area contributed by atoms with Gasteiger partial charge in [-0.2, -0.15) is 0 Å². The second-order valence-corrected chi connectivity index (χ2v) is 4.99. The van der Waals surface area contributed by atoms with E-state index in [1.54, 1.807) is 0 Å². The molecule has 0 radical (unpaired) electrons. The fourth-order valence-corrected chi connectivity index (χ4v) is 1.74. The fraction of sp³-hybridized carbons (Fsp3) is 0.909. The number of nitrogens with two attached hydrogens (primary N) is 1. The van der Waals surface area contributed by atoms with Crippen molar-refractivity contribution in [3.05, 3.63) is 0 Å². The number of hydrogen-bond donors (Lipinski definition) is 2. The lowest BCUT2D eigenvalue weighted by Crippen LogP contribution is -2.40. The molecule has 3 N–H and O–H groups in total. The van der Waals surface area contributed by atoms with E-state index in [1.807, 2.05) is 6.92 Å². The van der Waals surface area contributed by atoms with Crippen LogP contribution in [0.15, 0.2) is 0 Å². The highest BCUT2D eigenvalue weighted by atomic mass is 16.1. The SMILES string of the molecule is CC(CN)CC(=O)NCC1(C)CCC1. The summed E-state index contributed by atoms with van der Waals surface area (Å²) in [6.07, 6.45) is 4.37. The summed E-state index contributed by atoms with van der Waals surface area (Å²) in [5.41, 5.74) is 5.84. The van der Waals surface area contributed by atoms with Gasteiger partial charge in [0.1, 0.15) is 0 Å². The zero-order chi connectivity index (χ0) is 10.6. The van der Waals surface area contributed by atoms with Crippen LogP contribution in [0.5, 0.6) is 0 Å². The van der Waals surface area contributed by atoms with Crippen LogP contribution in [0.4, 0.5) is 0 Å². The van der Waals surface area contributed by atoms with Crippen LogP contribution < -0.4 is 11.1 Å². The third-order valence-electron chi connectivity index (χ3n) is 3.21. The van der Waals surface area contributed by atoms with Gasteiger partial charge in [0.05, 0.1) is 0 Å². The first kappa shape index (κ1) is 11.5. The predicted octanol–water partition coefficient (Wildman–Crippen LogP) is 1.28. The highest BCUT2D eigenvalue weighted by molar-refractivity contribution is 5.76. The molecule has 0 saturated heterocycles. The largest absolute Gasteiger partial charge is 0.356 e. The zero-order valence-electron chi connectivity index (χ0n) is 9.31. The maximum Gasteiger partial charge on any atom is 0.220 e. The topological polar surface area (TPSA) is 55.1 Å². The third kappa shape index (κ3) is 3.29. The molecule has 1 unspecified atom stereocenters. The first-order chi connectivity index (χ1) is 6.56. The Morgan fingerprint density at radius 1 is 1.57 bits per heavy atom. The average Bonchev–Trinajstić information content (AvgIpc) is 2.11. The summed E-state index contributed by atoms with van der Waals surface area (Å²) >= 11 is 0. The van der Waals surface area contributed by atoms with E-state index in [-0.39, 0.29) is 5.91 Å². The minimum absolute atomic E-state index is 0.149. The van der Waals surface area contributed by atoms with E-state index in [0.29, 0.717) is 24.3 Å². The summed E-state index contributed by atoms with van der Waals surface area (Å²) in [5, 5.41) is 3.00. The van der Waals surface area contributed by atoms with E-state index in [2.05, 4.69) is 12.2 Å². The maximum atomic E-state index is 11.4. The number of rotatable bonds is 5. The molecule has 1 atom stereocenters. The fourth-order valence-electron chi connectivity index (χ4n) is 1.74. The number of carbonyl (C=O) groups is 1. The van der Waals surface area contributed by atoms with Gasteiger partial charge in [-0.05, 0) is 30.7 Å². The lowest BCUT2D eigenvalue weighted by atomic mass is 9.70. The van der Waals surface area contributed by atoms with Gasteiger partial charge in [-0.25, -0.2) is 0 Å². The van der Waals surface area contributed by atoms with Gasteiger partial charge in [-0.1, -0.05) is 20.3 Å². The van der Waals surface area contributed by atoms with E-state index < -0.39 is 0 Å². The van der Waals surface area contributed by atoms with E-state index in [1.165, 1.54) is 19.3 Å². The maximum absolute atomic E-state index is 11.4. The van der Waals surface area contributed by atoms with Crippen LogP contribution in [-0.4, -0.2) is 19.0 Å². The molecule has 1 amide bonds. The summed E-state index contributed by atoms with van der Waals surface area (Å²) in [6, 6.07) is 0. The molecular weight excluding hydrogens is 176 g/mol. The summed E-state index contributed by atoms with van der Waals surface area (Å²) < 4.78 is 0. The molecule has 82 valence electrons. The molecule has 3 nitrogen and oxygen atoms in total. The molecule has 1 saturated carbocycles. The number of nitrogens with one attached hydrogen (secondary N) is 1. The molecule has 0 spiro atoms. The summed E-state index contributed by atoms with van der Waals surface area (Å²) in [4.78, 5) is 11.4. The molecule has 14 heavy (non-hydrogen) atoms. The van der Waals surface area contributed by atoms with Gasteiger partial charge in [0.25, 0.3) is 0 Å². The van der Waals surface area contributed by atoms with Crippen molar-refractivity contribution in [2.24, 2.45) is 17.1 Å². The summed E-state index contributed by atoms with van der Waals surface area (Å²) in [6.45, 7) is 5.67. The highest BCUT2D eigenvalue weighted by Crippen LogP contribution is 2.39. The minimum atomic E-state index is 0.149. The Morgan fingerprint density at radius 2 is 2.21 bits per heavy atom. The molecular formula is C11H22N2O. The van der Waals surface area contributed by atoms with E-state index >= 15 is 0 Å². The lowest BCUT2D eigenvalue weighted by Gasteiger charge is -2.38. The van der Waals surface area contributed by atoms with Gasteiger partial charge in [-0.15, -0.1) is 0 Å². The monoisotopic (exact) mass is 198 g/mol. The Hall–Kier alpha value is -0.570. The second-order valence-electron chi connectivity index (χ2n) is 4.99. The molecule has 1 rings (SSSR count). The first-order valence-corrected chi connectivity index (χ1v) is 5.52. The summed E-state index contributed by atoms with van der Waals surface area (Å²) in [5.74, 6) is 0.445. The van der Waals surface area contributed by atoms with Crippen molar-refractivity contribution in [1.82, 2.24) is 5.32 Å². The van der Waals surface area contributed by atoms with Crippen LogP contribution in [0.25, 0.3) is 0 Å². The average molecular weight is 198 g/mol. The molecule has 1 aliphatic rings. The van der Waals surface area contributed by atoms with Gasteiger partial charge in [0, 0.05) is 13.0 Å². The number of amides is 1. The zero-order valence-corrected chi connectivity index (χ0v) is 9.31. The Morgan fingerprint density at radius 3 is 2.64 bits per heavy atom. The number of hydrogen-bond acceptors (Lipinski definition) is 2. The Labute approximate surface area is 86.4 Å². The third-order valence-corrected chi connectivity index (χ3v) is 3.21. The van der Waals surface area contributed by atoms with Crippen molar-refractivity contribution in [2.45, 2.75) is 39.5 Å². The molecule has 0 bridgehead atoms. The molecule has 1 aliphatic carbocycles. The molecule has 3 heteroatoms. The smallest absolute Gasteiger partial charge is 0.220 e. The van der Waals surface area contributed by atoms with E-state index in [9.17, 15) is 4.79 Å². The lowest BCUT2D eigenvalue weighted by molar-refractivity contribution is -0.122. The van der Waals surface area contributed by atoms with Crippen molar-refractivity contribution in [3.63, 3.8) is 0 Å². The molecule has 0 aromatic rings.